The molecule has 0 unspecified atom stereocenters. The maximum absolute atomic E-state index is 13.2. The summed E-state index contributed by atoms with van der Waals surface area (Å²) in [5.74, 6) is 0.0426. The van der Waals surface area contributed by atoms with Gasteiger partial charge in [-0.25, -0.2) is 0 Å². The van der Waals surface area contributed by atoms with E-state index in [0.717, 1.165) is 36.9 Å². The van der Waals surface area contributed by atoms with Crippen molar-refractivity contribution in [3.63, 3.8) is 0 Å². The van der Waals surface area contributed by atoms with Gasteiger partial charge in [0.05, 0.1) is 11.4 Å². The van der Waals surface area contributed by atoms with Crippen molar-refractivity contribution in [2.45, 2.75) is 18.9 Å². The van der Waals surface area contributed by atoms with Crippen LogP contribution in [-0.4, -0.2) is 58.1 Å². The molecule has 2 heterocycles. The summed E-state index contributed by atoms with van der Waals surface area (Å²) < 4.78 is 3.59. The lowest BCUT2D eigenvalue weighted by Crippen LogP contribution is -2.40. The first-order valence-corrected chi connectivity index (χ1v) is 12.0. The van der Waals surface area contributed by atoms with E-state index in [1.54, 1.807) is 16.8 Å². The molecule has 188 valence electrons. The molecule has 2 aromatic heterocycles. The summed E-state index contributed by atoms with van der Waals surface area (Å²) in [6, 6.07) is 23.8. The number of nitrogens with one attached hydrogen (secondary N) is 1. The predicted octanol–water partition coefficient (Wildman–Crippen LogP) is 4.22. The zero-order chi connectivity index (χ0) is 25.9. The summed E-state index contributed by atoms with van der Waals surface area (Å²) in [5.41, 5.74) is 4.64. The third kappa shape index (κ3) is 7.02. The van der Waals surface area contributed by atoms with Crippen LogP contribution in [0.2, 0.25) is 0 Å². The fourth-order valence-electron chi connectivity index (χ4n) is 4.06. The van der Waals surface area contributed by atoms with E-state index in [0.29, 0.717) is 11.3 Å². The van der Waals surface area contributed by atoms with Gasteiger partial charge in [-0.15, -0.1) is 0 Å². The number of carbonyl (C=O) groups is 2. The molecule has 4 rings (SSSR count). The van der Waals surface area contributed by atoms with Crippen LogP contribution in [0.15, 0.2) is 85.2 Å². The second-order valence-corrected chi connectivity index (χ2v) is 8.73. The first-order chi connectivity index (χ1) is 17.4. The fraction of sp³-hybridized carbons (Fsp3) is 0.276. The van der Waals surface area contributed by atoms with Crippen LogP contribution in [0.1, 0.15) is 32.8 Å². The zero-order valence-corrected chi connectivity index (χ0v) is 21.5. The molecule has 0 bridgehead atoms. The average molecular weight is 486 g/mol. The smallest absolute Gasteiger partial charge is 0.253 e. The lowest BCUT2D eigenvalue weighted by atomic mass is 10.0. The Balaban J connectivity index is 0.000000383. The molecule has 4 aromatic rings. The number of carbonyl (C=O) groups excluding carboxylic acids is 2. The summed E-state index contributed by atoms with van der Waals surface area (Å²) in [7, 11) is 7.59. The normalized spacial score (nSPS) is 11.3. The maximum Gasteiger partial charge on any atom is 0.253 e. The van der Waals surface area contributed by atoms with E-state index in [4.69, 9.17) is 0 Å². The van der Waals surface area contributed by atoms with Gasteiger partial charge in [-0.05, 0) is 62.3 Å². The van der Waals surface area contributed by atoms with Gasteiger partial charge in [0.15, 0.2) is 6.29 Å². The van der Waals surface area contributed by atoms with Crippen LogP contribution in [0.3, 0.4) is 0 Å². The largest absolute Gasteiger partial charge is 0.348 e. The number of amides is 1. The molecule has 36 heavy (non-hydrogen) atoms. The number of rotatable bonds is 9. The molecule has 0 saturated carbocycles. The van der Waals surface area contributed by atoms with Crippen molar-refractivity contribution in [3.05, 3.63) is 102 Å². The third-order valence-electron chi connectivity index (χ3n) is 6.24. The molecule has 0 radical (unpaired) electrons. The SMILES string of the molecule is CNCC[C@H](Cc1ccccc1)N(C)C(=O)c1cccc(-c2ccnn2C)c1.Cn1cccc1C=O. The number of benzene rings is 2. The number of aryl methyl sites for hydroxylation is 2. The molecule has 1 N–H and O–H groups in total. The lowest BCUT2D eigenvalue weighted by molar-refractivity contribution is 0.0723. The molecule has 0 aliphatic rings. The standard InChI is InChI=1S/C23H28N4O.C6H7NO/c1-24-14-12-21(16-18-8-5-4-6-9-18)26(2)23(28)20-11-7-10-19(17-20)22-13-15-25-27(22)3;1-7-4-2-3-6(7)5-8/h4-11,13,15,17,21,24H,12,14,16H2,1-3H3;2-5H,1H3/t21-;/m1./s1. The predicted molar refractivity (Wildman–Crippen MR) is 144 cm³/mol. The van der Waals surface area contributed by atoms with Crippen molar-refractivity contribution in [3.8, 4) is 11.3 Å². The van der Waals surface area contributed by atoms with Crippen molar-refractivity contribution in [1.82, 2.24) is 24.6 Å². The quantitative estimate of drug-likeness (QED) is 0.361. The van der Waals surface area contributed by atoms with Crippen LogP contribution >= 0.6 is 0 Å². The number of hydrogen-bond donors (Lipinski definition) is 1. The minimum atomic E-state index is 0.0426. The first kappa shape index (κ1) is 26.6. The molecule has 0 fully saturated rings. The summed E-state index contributed by atoms with van der Waals surface area (Å²) in [5, 5.41) is 7.43. The highest BCUT2D eigenvalue weighted by atomic mass is 16.2. The van der Waals surface area contributed by atoms with Crippen LogP contribution in [0.25, 0.3) is 11.3 Å². The van der Waals surface area contributed by atoms with Gasteiger partial charge < -0.3 is 14.8 Å². The summed E-state index contributed by atoms with van der Waals surface area (Å²) in [6.07, 6.45) is 6.18. The third-order valence-corrected chi connectivity index (χ3v) is 6.24. The van der Waals surface area contributed by atoms with Crippen molar-refractivity contribution >= 4 is 12.2 Å². The monoisotopic (exact) mass is 485 g/mol. The lowest BCUT2D eigenvalue weighted by Gasteiger charge is -2.29. The first-order valence-electron chi connectivity index (χ1n) is 12.0. The molecule has 0 saturated heterocycles. The number of likely N-dealkylation sites (N-methyl/N-ethyl adjacent to an activating group) is 1. The summed E-state index contributed by atoms with van der Waals surface area (Å²) in [4.78, 5) is 25.2. The van der Waals surface area contributed by atoms with Crippen LogP contribution in [0, 0.1) is 0 Å². The molecular weight excluding hydrogens is 450 g/mol. The van der Waals surface area contributed by atoms with E-state index in [2.05, 4.69) is 22.5 Å². The van der Waals surface area contributed by atoms with Crippen LogP contribution in [0.5, 0.6) is 0 Å². The number of nitrogens with zero attached hydrogens (tertiary/aromatic N) is 4. The van der Waals surface area contributed by atoms with Crippen LogP contribution < -0.4 is 5.32 Å². The Hall–Kier alpha value is -3.97. The van der Waals surface area contributed by atoms with E-state index >= 15 is 0 Å². The Morgan fingerprint density at radius 3 is 2.42 bits per heavy atom. The second-order valence-electron chi connectivity index (χ2n) is 8.73. The molecule has 2 aromatic carbocycles. The number of hydrogen-bond acceptors (Lipinski definition) is 4. The molecule has 0 aliphatic carbocycles. The van der Waals surface area contributed by atoms with Gasteiger partial charge in [0.2, 0.25) is 0 Å². The zero-order valence-electron chi connectivity index (χ0n) is 21.5. The van der Waals surface area contributed by atoms with Crippen molar-refractivity contribution in [1.29, 1.82) is 0 Å². The highest BCUT2D eigenvalue weighted by molar-refractivity contribution is 5.95. The van der Waals surface area contributed by atoms with Crippen molar-refractivity contribution in [2.75, 3.05) is 20.6 Å². The molecule has 7 heteroatoms. The van der Waals surface area contributed by atoms with E-state index < -0.39 is 0 Å². The molecule has 1 atom stereocenters. The van der Waals surface area contributed by atoms with E-state index in [1.807, 2.05) is 98.6 Å². The van der Waals surface area contributed by atoms with Crippen molar-refractivity contribution in [2.24, 2.45) is 14.1 Å². The van der Waals surface area contributed by atoms with Crippen LogP contribution in [0.4, 0.5) is 0 Å². The summed E-state index contributed by atoms with van der Waals surface area (Å²) in [6.45, 7) is 0.865. The van der Waals surface area contributed by atoms with Gasteiger partial charge in [-0.3, -0.25) is 14.3 Å². The number of aromatic nitrogens is 3. The fourth-order valence-corrected chi connectivity index (χ4v) is 4.06. The van der Waals surface area contributed by atoms with Gasteiger partial charge in [0.1, 0.15) is 0 Å². The van der Waals surface area contributed by atoms with E-state index in [1.165, 1.54) is 5.56 Å². The van der Waals surface area contributed by atoms with Crippen LogP contribution in [-0.2, 0) is 20.5 Å². The average Bonchev–Trinajstić information content (AvgIpc) is 3.54. The molecule has 1 amide bonds. The highest BCUT2D eigenvalue weighted by Gasteiger charge is 2.22. The maximum atomic E-state index is 13.2. The Kier molecular flexibility index (Phi) is 9.77. The minimum Gasteiger partial charge on any atom is -0.348 e. The van der Waals surface area contributed by atoms with Gasteiger partial charge >= 0.3 is 0 Å². The Morgan fingerprint density at radius 2 is 1.83 bits per heavy atom. The highest BCUT2D eigenvalue weighted by Crippen LogP contribution is 2.21. The van der Waals surface area contributed by atoms with Crippen molar-refractivity contribution < 1.29 is 9.59 Å². The Labute approximate surface area is 213 Å². The second kappa shape index (κ2) is 13.2. The minimum absolute atomic E-state index is 0.0426. The van der Waals surface area contributed by atoms with Gasteiger partial charge in [0, 0.05) is 50.7 Å². The van der Waals surface area contributed by atoms with Gasteiger partial charge in [0.25, 0.3) is 5.91 Å². The summed E-state index contributed by atoms with van der Waals surface area (Å²) >= 11 is 0. The molecule has 0 spiro atoms. The molecular formula is C29H35N5O2. The topological polar surface area (TPSA) is 72.2 Å². The molecule has 7 nitrogen and oxygen atoms in total. The number of aldehydes is 1. The Bertz CT molecular complexity index is 1250. The van der Waals surface area contributed by atoms with E-state index in [9.17, 15) is 9.59 Å². The van der Waals surface area contributed by atoms with Gasteiger partial charge in [-0.1, -0.05) is 42.5 Å². The van der Waals surface area contributed by atoms with Gasteiger partial charge in [-0.2, -0.15) is 5.10 Å². The molecule has 0 aliphatic heterocycles. The Morgan fingerprint density at radius 1 is 1.06 bits per heavy atom. The van der Waals surface area contributed by atoms with E-state index in [-0.39, 0.29) is 11.9 Å².